The van der Waals surface area contributed by atoms with Crippen molar-refractivity contribution in [3.8, 4) is 5.75 Å². The molecule has 2 nitrogen and oxygen atoms in total. The highest BCUT2D eigenvalue weighted by molar-refractivity contribution is 5.28. The van der Waals surface area contributed by atoms with Gasteiger partial charge in [0, 0.05) is 6.54 Å². The molecule has 0 N–H and O–H groups in total. The first-order chi connectivity index (χ1) is 8.92. The van der Waals surface area contributed by atoms with E-state index in [1.165, 1.54) is 24.9 Å². The van der Waals surface area contributed by atoms with E-state index in [2.05, 4.69) is 57.0 Å². The van der Waals surface area contributed by atoms with E-state index in [1.807, 2.05) is 0 Å². The summed E-state index contributed by atoms with van der Waals surface area (Å²) in [6.07, 6.45) is 3.88. The first-order valence-electron chi connectivity index (χ1n) is 7.36. The van der Waals surface area contributed by atoms with Gasteiger partial charge in [-0.15, -0.1) is 0 Å². The van der Waals surface area contributed by atoms with Gasteiger partial charge in [0.1, 0.15) is 11.9 Å². The van der Waals surface area contributed by atoms with Gasteiger partial charge in [-0.1, -0.05) is 32.9 Å². The van der Waals surface area contributed by atoms with Crippen LogP contribution < -0.4 is 4.74 Å². The topological polar surface area (TPSA) is 12.5 Å². The lowest BCUT2D eigenvalue weighted by atomic mass is 9.88. The maximum absolute atomic E-state index is 6.07. The van der Waals surface area contributed by atoms with Gasteiger partial charge < -0.3 is 9.64 Å². The van der Waals surface area contributed by atoms with Crippen LogP contribution in [0.25, 0.3) is 0 Å². The van der Waals surface area contributed by atoms with Gasteiger partial charge in [-0.05, 0) is 56.0 Å². The van der Waals surface area contributed by atoms with Gasteiger partial charge in [-0.3, -0.25) is 0 Å². The van der Waals surface area contributed by atoms with Crippen molar-refractivity contribution in [1.82, 2.24) is 4.90 Å². The fourth-order valence-electron chi connectivity index (χ4n) is 2.71. The minimum Gasteiger partial charge on any atom is -0.489 e. The Morgan fingerprint density at radius 2 is 1.89 bits per heavy atom. The van der Waals surface area contributed by atoms with Gasteiger partial charge in [0.2, 0.25) is 0 Å². The molecular weight excluding hydrogens is 234 g/mol. The average molecular weight is 261 g/mol. The number of hydrogen-bond acceptors (Lipinski definition) is 2. The second-order valence-electron chi connectivity index (χ2n) is 7.03. The Balaban J connectivity index is 1.91. The van der Waals surface area contributed by atoms with Crippen molar-refractivity contribution >= 4 is 0 Å². The molecule has 2 rings (SSSR count). The number of nitrogens with zero attached hydrogens (tertiary/aromatic N) is 1. The predicted octanol–water partition coefficient (Wildman–Crippen LogP) is 3.75. The molecule has 0 spiro atoms. The average Bonchev–Trinajstić information content (AvgIpc) is 2.30. The smallest absolute Gasteiger partial charge is 0.119 e. The lowest BCUT2D eigenvalue weighted by Crippen LogP contribution is -2.38. The quantitative estimate of drug-likeness (QED) is 0.821. The molecule has 0 amide bonds. The predicted molar refractivity (Wildman–Crippen MR) is 80.7 cm³/mol. The highest BCUT2D eigenvalue weighted by Gasteiger charge is 2.18. The lowest BCUT2D eigenvalue weighted by Gasteiger charge is -2.30. The summed E-state index contributed by atoms with van der Waals surface area (Å²) in [5.74, 6) is 1.01. The summed E-state index contributed by atoms with van der Waals surface area (Å²) in [5, 5.41) is 0. The van der Waals surface area contributed by atoms with Crippen LogP contribution in [0, 0.1) is 5.41 Å². The van der Waals surface area contributed by atoms with Crippen LogP contribution in [0.4, 0.5) is 0 Å². The van der Waals surface area contributed by atoms with Gasteiger partial charge in [-0.2, -0.15) is 0 Å². The molecule has 1 heterocycles. The summed E-state index contributed by atoms with van der Waals surface area (Å²) in [5.41, 5.74) is 1.73. The number of hydrogen-bond donors (Lipinski definition) is 0. The Morgan fingerprint density at radius 1 is 1.21 bits per heavy atom. The third-order valence-corrected chi connectivity index (χ3v) is 3.54. The summed E-state index contributed by atoms with van der Waals surface area (Å²) < 4.78 is 6.07. The second kappa shape index (κ2) is 5.96. The van der Waals surface area contributed by atoms with Crippen molar-refractivity contribution in [2.24, 2.45) is 5.41 Å². The van der Waals surface area contributed by atoms with Gasteiger partial charge in [-0.25, -0.2) is 0 Å². The first-order valence-corrected chi connectivity index (χ1v) is 7.36. The van der Waals surface area contributed by atoms with E-state index in [4.69, 9.17) is 4.74 Å². The molecule has 106 valence electrons. The summed E-state index contributed by atoms with van der Waals surface area (Å²) in [6, 6.07) is 8.64. The Labute approximate surface area is 117 Å². The number of ether oxygens (including phenoxy) is 1. The number of rotatable bonds is 3. The van der Waals surface area contributed by atoms with Crippen molar-refractivity contribution in [3.63, 3.8) is 0 Å². The fraction of sp³-hybridized carbons (Fsp3) is 0.647. The maximum atomic E-state index is 6.07. The van der Waals surface area contributed by atoms with Crippen LogP contribution in [-0.2, 0) is 6.42 Å². The number of piperidine rings is 1. The molecule has 1 aliphatic heterocycles. The molecule has 1 aromatic carbocycles. The van der Waals surface area contributed by atoms with Crippen LogP contribution in [0.1, 0.15) is 39.2 Å². The third-order valence-electron chi connectivity index (χ3n) is 3.54. The molecule has 0 aromatic heterocycles. The zero-order valence-electron chi connectivity index (χ0n) is 12.8. The Bertz CT molecular complexity index is 391. The van der Waals surface area contributed by atoms with Crippen LogP contribution >= 0.6 is 0 Å². The van der Waals surface area contributed by atoms with E-state index < -0.39 is 0 Å². The van der Waals surface area contributed by atoms with Gasteiger partial charge in [0.15, 0.2) is 0 Å². The van der Waals surface area contributed by atoms with E-state index in [9.17, 15) is 0 Å². The highest BCUT2D eigenvalue weighted by atomic mass is 16.5. The van der Waals surface area contributed by atoms with Crippen molar-refractivity contribution in [2.75, 3.05) is 20.1 Å². The van der Waals surface area contributed by atoms with E-state index in [1.54, 1.807) is 0 Å². The molecule has 19 heavy (non-hydrogen) atoms. The molecular formula is C17H27NO. The SMILES string of the molecule is CN1CCCC(Oc2ccc(CC(C)(C)C)cc2)C1. The number of benzene rings is 1. The molecule has 1 atom stereocenters. The normalized spacial score (nSPS) is 21.4. The molecule has 1 fully saturated rings. The van der Waals surface area contributed by atoms with Crippen molar-refractivity contribution in [1.29, 1.82) is 0 Å². The van der Waals surface area contributed by atoms with Crippen LogP contribution in [0.5, 0.6) is 5.75 Å². The van der Waals surface area contributed by atoms with E-state index in [-0.39, 0.29) is 0 Å². The maximum Gasteiger partial charge on any atom is 0.119 e. The van der Waals surface area contributed by atoms with Crippen molar-refractivity contribution in [2.45, 2.75) is 46.1 Å². The lowest BCUT2D eigenvalue weighted by molar-refractivity contribution is 0.104. The fourth-order valence-corrected chi connectivity index (χ4v) is 2.71. The van der Waals surface area contributed by atoms with Crippen molar-refractivity contribution in [3.05, 3.63) is 29.8 Å². The molecule has 1 aliphatic rings. The largest absolute Gasteiger partial charge is 0.489 e. The molecule has 2 heteroatoms. The minimum absolute atomic E-state index is 0.342. The van der Waals surface area contributed by atoms with Gasteiger partial charge >= 0.3 is 0 Å². The number of likely N-dealkylation sites (N-methyl/N-ethyl adjacent to an activating group) is 1. The second-order valence-corrected chi connectivity index (χ2v) is 7.03. The zero-order valence-corrected chi connectivity index (χ0v) is 12.8. The molecule has 0 aliphatic carbocycles. The Kier molecular flexibility index (Phi) is 4.51. The van der Waals surface area contributed by atoms with Crippen LogP contribution in [0.3, 0.4) is 0 Å². The standard InChI is InChI=1S/C17H27NO/c1-17(2,3)12-14-7-9-15(10-8-14)19-16-6-5-11-18(4)13-16/h7-10,16H,5-6,11-13H2,1-4H3. The molecule has 1 saturated heterocycles. The molecule has 0 saturated carbocycles. The summed E-state index contributed by atoms with van der Waals surface area (Å²) in [6.45, 7) is 9.06. The van der Waals surface area contributed by atoms with Crippen LogP contribution in [-0.4, -0.2) is 31.1 Å². The molecule has 0 radical (unpaired) electrons. The van der Waals surface area contributed by atoms with Gasteiger partial charge in [0.25, 0.3) is 0 Å². The monoisotopic (exact) mass is 261 g/mol. The minimum atomic E-state index is 0.342. The number of likely N-dealkylation sites (tertiary alicyclic amines) is 1. The molecule has 1 unspecified atom stereocenters. The van der Waals surface area contributed by atoms with Gasteiger partial charge in [0.05, 0.1) is 0 Å². The van der Waals surface area contributed by atoms with Crippen molar-refractivity contribution < 1.29 is 4.74 Å². The van der Waals surface area contributed by atoms with E-state index in [0.717, 1.165) is 18.7 Å². The Hall–Kier alpha value is -1.02. The first kappa shape index (κ1) is 14.4. The van der Waals surface area contributed by atoms with E-state index >= 15 is 0 Å². The Morgan fingerprint density at radius 3 is 2.47 bits per heavy atom. The molecule has 1 aromatic rings. The van der Waals surface area contributed by atoms with E-state index in [0.29, 0.717) is 11.5 Å². The highest BCUT2D eigenvalue weighted by Crippen LogP contribution is 2.23. The van der Waals surface area contributed by atoms with Crippen LogP contribution in [0.15, 0.2) is 24.3 Å². The summed E-state index contributed by atoms with van der Waals surface area (Å²) in [4.78, 5) is 2.35. The molecule has 0 bridgehead atoms. The summed E-state index contributed by atoms with van der Waals surface area (Å²) in [7, 11) is 2.17. The third kappa shape index (κ3) is 4.87. The van der Waals surface area contributed by atoms with Crippen LogP contribution in [0.2, 0.25) is 0 Å². The zero-order chi connectivity index (χ0) is 13.9. The summed E-state index contributed by atoms with van der Waals surface area (Å²) >= 11 is 0.